The maximum Gasteiger partial charge on any atom is 0.261 e. The molecule has 1 saturated heterocycles. The number of amides is 2. The summed E-state index contributed by atoms with van der Waals surface area (Å²) < 4.78 is 1.36. The second-order valence-corrected chi connectivity index (χ2v) is 8.84. The molecule has 154 valence electrons. The number of hydrogen-bond donors (Lipinski definition) is 0. The molecule has 1 aliphatic carbocycles. The molecule has 3 heterocycles. The molecule has 1 aromatic carbocycles. The maximum atomic E-state index is 12.8. The number of para-hydroxylation sites is 1. The molecule has 2 fully saturated rings. The number of piperazine rings is 1. The summed E-state index contributed by atoms with van der Waals surface area (Å²) in [5.41, 5.74) is 0.412. The van der Waals surface area contributed by atoms with E-state index in [0.29, 0.717) is 43.0 Å². The van der Waals surface area contributed by atoms with E-state index in [-0.39, 0.29) is 29.8 Å². The minimum Gasteiger partial charge on any atom is -0.339 e. The largest absolute Gasteiger partial charge is 0.339 e. The number of hydrogen-bond acceptors (Lipinski definition) is 5. The fourth-order valence-corrected chi connectivity index (χ4v) is 5.07. The number of rotatable bonds is 4. The molecule has 2 aliphatic rings. The van der Waals surface area contributed by atoms with E-state index in [9.17, 15) is 14.4 Å². The zero-order valence-corrected chi connectivity index (χ0v) is 17.3. The Morgan fingerprint density at radius 2 is 1.80 bits per heavy atom. The van der Waals surface area contributed by atoms with Crippen LogP contribution in [0.5, 0.6) is 0 Å². The highest BCUT2D eigenvalue weighted by Gasteiger charge is 2.46. The van der Waals surface area contributed by atoms with Crippen molar-refractivity contribution in [2.24, 2.45) is 5.92 Å². The molecule has 0 radical (unpaired) electrons. The number of benzene rings is 1. The van der Waals surface area contributed by atoms with Crippen LogP contribution in [-0.4, -0.2) is 57.3 Å². The van der Waals surface area contributed by atoms with Gasteiger partial charge in [0.25, 0.3) is 5.56 Å². The zero-order valence-electron chi connectivity index (χ0n) is 16.4. The molecular formula is C22H22N4O3S. The van der Waals surface area contributed by atoms with Gasteiger partial charge in [-0.3, -0.25) is 19.0 Å². The molecule has 2 aromatic heterocycles. The van der Waals surface area contributed by atoms with Crippen LogP contribution in [0.2, 0.25) is 0 Å². The lowest BCUT2D eigenvalue weighted by atomic mass is 10.2. The smallest absolute Gasteiger partial charge is 0.261 e. The van der Waals surface area contributed by atoms with E-state index in [1.54, 1.807) is 34.4 Å². The number of carbonyl (C=O) groups is 2. The van der Waals surface area contributed by atoms with E-state index in [4.69, 9.17) is 0 Å². The number of nitrogens with zero attached hydrogens (tertiary/aromatic N) is 4. The van der Waals surface area contributed by atoms with Crippen molar-refractivity contribution in [3.05, 3.63) is 63.3 Å². The maximum absolute atomic E-state index is 12.8. The molecule has 2 atom stereocenters. The average molecular weight is 423 g/mol. The van der Waals surface area contributed by atoms with Crippen LogP contribution in [0.1, 0.15) is 17.2 Å². The first-order chi connectivity index (χ1) is 14.6. The number of fused-ring (bicyclic) bond motifs is 1. The lowest BCUT2D eigenvalue weighted by Gasteiger charge is -2.35. The molecular weight excluding hydrogens is 400 g/mol. The van der Waals surface area contributed by atoms with Crippen LogP contribution in [0.25, 0.3) is 10.9 Å². The minimum absolute atomic E-state index is 0.0340. The summed E-state index contributed by atoms with van der Waals surface area (Å²) in [5.74, 6) is 0.539. The normalized spacial score (nSPS) is 21.1. The van der Waals surface area contributed by atoms with Crippen LogP contribution >= 0.6 is 11.3 Å². The quantitative estimate of drug-likeness (QED) is 0.644. The lowest BCUT2D eigenvalue weighted by molar-refractivity contribution is -0.140. The summed E-state index contributed by atoms with van der Waals surface area (Å²) in [6.07, 6.45) is 2.36. The molecule has 1 aliphatic heterocycles. The van der Waals surface area contributed by atoms with Crippen molar-refractivity contribution in [1.82, 2.24) is 19.4 Å². The summed E-state index contributed by atoms with van der Waals surface area (Å²) in [5, 5.41) is 2.56. The zero-order chi connectivity index (χ0) is 20.7. The first kappa shape index (κ1) is 19.0. The highest BCUT2D eigenvalue weighted by molar-refractivity contribution is 7.10. The highest BCUT2D eigenvalue weighted by atomic mass is 32.1. The third-order valence-electron chi connectivity index (χ3n) is 6.00. The van der Waals surface area contributed by atoms with Gasteiger partial charge < -0.3 is 9.80 Å². The Hall–Kier alpha value is -3.00. The summed E-state index contributed by atoms with van der Waals surface area (Å²) in [4.78, 5) is 47.3. The van der Waals surface area contributed by atoms with Gasteiger partial charge in [-0.1, -0.05) is 18.2 Å². The molecule has 0 spiro atoms. The van der Waals surface area contributed by atoms with Crippen LogP contribution in [0.4, 0.5) is 0 Å². The molecule has 8 heteroatoms. The van der Waals surface area contributed by atoms with Crippen molar-refractivity contribution in [3.63, 3.8) is 0 Å². The first-order valence-corrected chi connectivity index (χ1v) is 11.0. The summed E-state index contributed by atoms with van der Waals surface area (Å²) in [7, 11) is 0. The monoisotopic (exact) mass is 422 g/mol. The van der Waals surface area contributed by atoms with Gasteiger partial charge in [-0.25, -0.2) is 4.98 Å². The number of carbonyl (C=O) groups excluding carboxylic acids is 2. The molecule has 3 aromatic rings. The van der Waals surface area contributed by atoms with Gasteiger partial charge in [0.05, 0.1) is 17.2 Å². The Bertz CT molecular complexity index is 1150. The molecule has 2 amide bonds. The Kier molecular flexibility index (Phi) is 4.86. The Morgan fingerprint density at radius 1 is 1.03 bits per heavy atom. The van der Waals surface area contributed by atoms with Gasteiger partial charge in [-0.05, 0) is 30.0 Å². The number of aromatic nitrogens is 2. The van der Waals surface area contributed by atoms with E-state index in [0.717, 1.165) is 6.42 Å². The minimum atomic E-state index is -0.212. The summed E-state index contributed by atoms with van der Waals surface area (Å²) in [6.45, 7) is 2.05. The van der Waals surface area contributed by atoms with E-state index in [1.807, 2.05) is 17.0 Å². The van der Waals surface area contributed by atoms with Gasteiger partial charge in [0.2, 0.25) is 11.8 Å². The third kappa shape index (κ3) is 3.52. The molecule has 1 saturated carbocycles. The predicted molar refractivity (Wildman–Crippen MR) is 114 cm³/mol. The van der Waals surface area contributed by atoms with Crippen molar-refractivity contribution in [2.45, 2.75) is 18.9 Å². The van der Waals surface area contributed by atoms with Crippen LogP contribution in [0, 0.1) is 5.92 Å². The van der Waals surface area contributed by atoms with Crippen molar-refractivity contribution < 1.29 is 9.59 Å². The van der Waals surface area contributed by atoms with E-state index < -0.39 is 0 Å². The van der Waals surface area contributed by atoms with Gasteiger partial charge >= 0.3 is 0 Å². The van der Waals surface area contributed by atoms with Crippen molar-refractivity contribution in [1.29, 1.82) is 0 Å². The van der Waals surface area contributed by atoms with Gasteiger partial charge in [0.15, 0.2) is 0 Å². The third-order valence-corrected chi connectivity index (χ3v) is 7.00. The first-order valence-electron chi connectivity index (χ1n) is 10.2. The predicted octanol–water partition coefficient (Wildman–Crippen LogP) is 1.93. The standard InChI is InChI=1S/C22H22N4O3S/c27-20(13-26-14-23-18-5-2-1-4-15(18)21(26)28)24-7-9-25(10-8-24)22(29)17-12-16(17)19-6-3-11-30-19/h1-6,11,14,16-17H,7-10,12-13H2. The molecule has 2 unspecified atom stereocenters. The van der Waals surface area contributed by atoms with Gasteiger partial charge in [0.1, 0.15) is 6.54 Å². The molecule has 0 N–H and O–H groups in total. The van der Waals surface area contributed by atoms with Crippen LogP contribution in [-0.2, 0) is 16.1 Å². The Morgan fingerprint density at radius 3 is 2.57 bits per heavy atom. The van der Waals surface area contributed by atoms with Gasteiger partial charge in [-0.2, -0.15) is 0 Å². The van der Waals surface area contributed by atoms with Crippen molar-refractivity contribution in [2.75, 3.05) is 26.2 Å². The molecule has 30 heavy (non-hydrogen) atoms. The fourth-order valence-electron chi connectivity index (χ4n) is 4.16. The summed E-state index contributed by atoms with van der Waals surface area (Å²) >= 11 is 1.71. The van der Waals surface area contributed by atoms with Gasteiger partial charge in [-0.15, -0.1) is 11.3 Å². The van der Waals surface area contributed by atoms with Crippen LogP contribution in [0.3, 0.4) is 0 Å². The van der Waals surface area contributed by atoms with E-state index >= 15 is 0 Å². The van der Waals surface area contributed by atoms with Crippen LogP contribution in [0.15, 0.2) is 52.9 Å². The highest BCUT2D eigenvalue weighted by Crippen LogP contribution is 2.50. The molecule has 5 rings (SSSR count). The topological polar surface area (TPSA) is 75.5 Å². The van der Waals surface area contributed by atoms with E-state index in [2.05, 4.69) is 16.4 Å². The number of thiophene rings is 1. The second-order valence-electron chi connectivity index (χ2n) is 7.86. The van der Waals surface area contributed by atoms with Crippen molar-refractivity contribution in [3.8, 4) is 0 Å². The average Bonchev–Trinajstić information content (AvgIpc) is 3.39. The Balaban J connectivity index is 1.18. The lowest BCUT2D eigenvalue weighted by Crippen LogP contribution is -2.52. The summed E-state index contributed by atoms with van der Waals surface area (Å²) in [6, 6.07) is 11.2. The SMILES string of the molecule is O=C(Cn1cnc2ccccc2c1=O)N1CCN(C(=O)C2CC2c2cccs2)CC1. The molecule has 0 bridgehead atoms. The molecule has 7 nitrogen and oxygen atoms in total. The van der Waals surface area contributed by atoms with Crippen LogP contribution < -0.4 is 5.56 Å². The van der Waals surface area contributed by atoms with E-state index in [1.165, 1.54) is 15.8 Å². The van der Waals surface area contributed by atoms with Gasteiger partial charge in [0, 0.05) is 42.9 Å². The van der Waals surface area contributed by atoms with Crippen molar-refractivity contribution >= 4 is 34.1 Å². The second kappa shape index (κ2) is 7.68. The fraction of sp³-hybridized carbons (Fsp3) is 0.364. The Labute approximate surface area is 177 Å².